The zero-order chi connectivity index (χ0) is 15.6. The van der Waals surface area contributed by atoms with E-state index < -0.39 is 17.3 Å². The number of halogens is 1. The minimum absolute atomic E-state index is 0.0436. The predicted octanol–water partition coefficient (Wildman–Crippen LogP) is 3.39. The van der Waals surface area contributed by atoms with E-state index in [1.807, 2.05) is 20.8 Å². The largest absolute Gasteiger partial charge is 0.484 e. The zero-order valence-corrected chi connectivity index (χ0v) is 12.0. The van der Waals surface area contributed by atoms with Crippen LogP contribution in [0.15, 0.2) is 28.8 Å². The average Bonchev–Trinajstić information content (AvgIpc) is 2.84. The summed E-state index contributed by atoms with van der Waals surface area (Å²) in [6.45, 7) is 6.04. The fourth-order valence-corrected chi connectivity index (χ4v) is 1.63. The molecule has 1 heterocycles. The van der Waals surface area contributed by atoms with Gasteiger partial charge >= 0.3 is 5.97 Å². The van der Waals surface area contributed by atoms with E-state index in [4.69, 9.17) is 14.3 Å². The number of ether oxygens (including phenoxy) is 1. The first-order valence-electron chi connectivity index (χ1n) is 6.38. The number of rotatable bonds is 4. The Bertz CT molecular complexity index is 658. The lowest BCUT2D eigenvalue weighted by molar-refractivity contribution is 0.0691. The fourth-order valence-electron chi connectivity index (χ4n) is 1.63. The average molecular weight is 293 g/mol. The summed E-state index contributed by atoms with van der Waals surface area (Å²) in [6, 6.07) is 3.57. The van der Waals surface area contributed by atoms with Gasteiger partial charge in [-0.3, -0.25) is 0 Å². The number of nitrogens with zero attached hydrogens (tertiary/aromatic N) is 1. The highest BCUT2D eigenvalue weighted by Gasteiger charge is 2.19. The summed E-state index contributed by atoms with van der Waals surface area (Å²) in [5.41, 5.74) is -0.547. The molecule has 0 aliphatic heterocycles. The van der Waals surface area contributed by atoms with Gasteiger partial charge in [-0.15, -0.1) is 0 Å². The number of oxazole rings is 1. The van der Waals surface area contributed by atoms with Crippen LogP contribution in [0.5, 0.6) is 5.75 Å². The van der Waals surface area contributed by atoms with Gasteiger partial charge < -0.3 is 14.3 Å². The maximum Gasteiger partial charge on any atom is 0.338 e. The van der Waals surface area contributed by atoms with Crippen molar-refractivity contribution in [1.29, 1.82) is 0 Å². The van der Waals surface area contributed by atoms with E-state index in [1.165, 1.54) is 6.07 Å². The molecule has 0 atom stereocenters. The first-order chi connectivity index (χ1) is 9.77. The molecule has 0 aliphatic rings. The van der Waals surface area contributed by atoms with Crippen LogP contribution in [0.1, 0.15) is 42.8 Å². The monoisotopic (exact) mass is 293 g/mol. The number of benzene rings is 1. The van der Waals surface area contributed by atoms with E-state index in [0.717, 1.165) is 17.9 Å². The second kappa shape index (κ2) is 5.55. The van der Waals surface area contributed by atoms with Gasteiger partial charge in [0.2, 0.25) is 5.89 Å². The van der Waals surface area contributed by atoms with Gasteiger partial charge in [0.1, 0.15) is 17.3 Å². The SMILES string of the molecule is CC(C)(C)c1cnc(COc2ccc(C(=O)O)c(F)c2)o1. The molecule has 0 spiro atoms. The van der Waals surface area contributed by atoms with Gasteiger partial charge in [-0.1, -0.05) is 20.8 Å². The van der Waals surface area contributed by atoms with Crippen LogP contribution in [-0.4, -0.2) is 16.1 Å². The third-order valence-electron chi connectivity index (χ3n) is 2.83. The van der Waals surface area contributed by atoms with Crippen molar-refractivity contribution in [3.8, 4) is 5.75 Å². The van der Waals surface area contributed by atoms with Crippen LogP contribution >= 0.6 is 0 Å². The molecule has 0 saturated carbocycles. The first kappa shape index (κ1) is 15.0. The molecule has 0 saturated heterocycles. The second-order valence-corrected chi connectivity index (χ2v) is 5.60. The molecule has 1 N–H and O–H groups in total. The van der Waals surface area contributed by atoms with Gasteiger partial charge in [0.25, 0.3) is 0 Å². The minimum Gasteiger partial charge on any atom is -0.484 e. The quantitative estimate of drug-likeness (QED) is 0.935. The van der Waals surface area contributed by atoms with Crippen molar-refractivity contribution in [3.05, 3.63) is 47.4 Å². The van der Waals surface area contributed by atoms with Gasteiger partial charge in [-0.2, -0.15) is 0 Å². The maximum atomic E-state index is 13.5. The van der Waals surface area contributed by atoms with E-state index in [2.05, 4.69) is 4.98 Å². The third-order valence-corrected chi connectivity index (χ3v) is 2.83. The molecule has 2 aromatic rings. The number of aromatic nitrogens is 1. The van der Waals surface area contributed by atoms with E-state index in [0.29, 0.717) is 5.89 Å². The fraction of sp³-hybridized carbons (Fsp3) is 0.333. The molecule has 112 valence electrons. The standard InChI is InChI=1S/C15H16FNO4/c1-15(2,3)12-7-17-13(21-12)8-20-9-4-5-10(14(18)19)11(16)6-9/h4-7H,8H2,1-3H3,(H,18,19). The van der Waals surface area contributed by atoms with Crippen molar-refractivity contribution >= 4 is 5.97 Å². The highest BCUT2D eigenvalue weighted by molar-refractivity contribution is 5.88. The predicted molar refractivity (Wildman–Crippen MR) is 72.9 cm³/mol. The Morgan fingerprint density at radius 1 is 1.43 bits per heavy atom. The summed E-state index contributed by atoms with van der Waals surface area (Å²) in [5.74, 6) is -0.839. The van der Waals surface area contributed by atoms with Gasteiger partial charge in [-0.25, -0.2) is 14.2 Å². The van der Waals surface area contributed by atoms with Crippen LogP contribution in [0.2, 0.25) is 0 Å². The van der Waals surface area contributed by atoms with Crippen LogP contribution in [-0.2, 0) is 12.0 Å². The first-order valence-corrected chi connectivity index (χ1v) is 6.38. The summed E-state index contributed by atoms with van der Waals surface area (Å²) in [5, 5.41) is 8.74. The summed E-state index contributed by atoms with van der Waals surface area (Å²) < 4.78 is 24.4. The lowest BCUT2D eigenvalue weighted by Gasteiger charge is -2.13. The minimum atomic E-state index is -1.32. The Labute approximate surface area is 121 Å². The summed E-state index contributed by atoms with van der Waals surface area (Å²) in [6.07, 6.45) is 1.63. The van der Waals surface area contributed by atoms with Crippen molar-refractivity contribution in [2.24, 2.45) is 0 Å². The Morgan fingerprint density at radius 3 is 2.67 bits per heavy atom. The summed E-state index contributed by atoms with van der Waals surface area (Å²) >= 11 is 0. The Kier molecular flexibility index (Phi) is 3.97. The summed E-state index contributed by atoms with van der Waals surface area (Å²) in [7, 11) is 0. The van der Waals surface area contributed by atoms with Gasteiger partial charge in [-0.05, 0) is 12.1 Å². The van der Waals surface area contributed by atoms with Crippen LogP contribution in [0.25, 0.3) is 0 Å². The molecule has 1 aromatic heterocycles. The lowest BCUT2D eigenvalue weighted by atomic mass is 9.94. The number of carboxylic acids is 1. The topological polar surface area (TPSA) is 72.6 Å². The highest BCUT2D eigenvalue weighted by atomic mass is 19.1. The summed E-state index contributed by atoms with van der Waals surface area (Å²) in [4.78, 5) is 14.8. The van der Waals surface area contributed by atoms with E-state index in [1.54, 1.807) is 6.20 Å². The van der Waals surface area contributed by atoms with Crippen LogP contribution < -0.4 is 4.74 Å². The molecule has 0 amide bonds. The van der Waals surface area contributed by atoms with Crippen molar-refractivity contribution < 1.29 is 23.4 Å². The van der Waals surface area contributed by atoms with Gasteiger partial charge in [0, 0.05) is 11.5 Å². The molecular formula is C15H16FNO4. The highest BCUT2D eigenvalue weighted by Crippen LogP contribution is 2.23. The lowest BCUT2D eigenvalue weighted by Crippen LogP contribution is -2.09. The Hall–Kier alpha value is -2.37. The third kappa shape index (κ3) is 3.59. The molecule has 2 rings (SSSR count). The molecule has 0 bridgehead atoms. The van der Waals surface area contributed by atoms with Gasteiger partial charge in [0.15, 0.2) is 6.61 Å². The molecule has 5 nitrogen and oxygen atoms in total. The van der Waals surface area contributed by atoms with Crippen LogP contribution in [0.4, 0.5) is 4.39 Å². The molecule has 0 aliphatic carbocycles. The van der Waals surface area contributed by atoms with E-state index in [9.17, 15) is 9.18 Å². The number of aromatic carboxylic acids is 1. The van der Waals surface area contributed by atoms with Crippen molar-refractivity contribution in [1.82, 2.24) is 4.98 Å². The molecule has 21 heavy (non-hydrogen) atoms. The molecule has 6 heteroatoms. The molecule has 0 unspecified atom stereocenters. The van der Waals surface area contributed by atoms with Gasteiger partial charge in [0.05, 0.1) is 11.8 Å². The second-order valence-electron chi connectivity index (χ2n) is 5.60. The maximum absolute atomic E-state index is 13.5. The number of hydrogen-bond acceptors (Lipinski definition) is 4. The Balaban J connectivity index is 2.05. The van der Waals surface area contributed by atoms with Crippen LogP contribution in [0.3, 0.4) is 0 Å². The molecule has 0 fully saturated rings. The van der Waals surface area contributed by atoms with E-state index >= 15 is 0 Å². The number of carboxylic acid groups (broad SMARTS) is 1. The normalized spacial score (nSPS) is 11.4. The van der Waals surface area contributed by atoms with Crippen molar-refractivity contribution in [2.75, 3.05) is 0 Å². The molecule has 0 radical (unpaired) electrons. The Morgan fingerprint density at radius 2 is 2.14 bits per heavy atom. The van der Waals surface area contributed by atoms with Crippen molar-refractivity contribution in [3.63, 3.8) is 0 Å². The number of hydrogen-bond donors (Lipinski definition) is 1. The van der Waals surface area contributed by atoms with Crippen LogP contribution in [0, 0.1) is 5.82 Å². The van der Waals surface area contributed by atoms with E-state index in [-0.39, 0.29) is 17.8 Å². The molecule has 1 aromatic carbocycles. The van der Waals surface area contributed by atoms with Crippen molar-refractivity contribution in [2.45, 2.75) is 32.8 Å². The smallest absolute Gasteiger partial charge is 0.338 e. The zero-order valence-electron chi connectivity index (χ0n) is 12.0. The number of carbonyl (C=O) groups is 1. The molecular weight excluding hydrogens is 277 g/mol.